The normalized spacial score (nSPS) is 10.2. The predicted molar refractivity (Wildman–Crippen MR) is 83.3 cm³/mol. The molecule has 0 atom stereocenters. The van der Waals surface area contributed by atoms with Crippen LogP contribution in [-0.4, -0.2) is 25.0 Å². The first-order valence-corrected chi connectivity index (χ1v) is 7.70. The number of unbranched alkanes of at least 4 members (excludes halogenated alkanes) is 3. The average molecular weight is 291 g/mol. The van der Waals surface area contributed by atoms with E-state index in [-0.39, 0.29) is 18.4 Å². The molecule has 0 heterocycles. The van der Waals surface area contributed by atoms with E-state index in [1.165, 1.54) is 5.56 Å². The number of amides is 1. The molecule has 0 aliphatic carbocycles. The van der Waals surface area contributed by atoms with Gasteiger partial charge in [-0.25, -0.2) is 0 Å². The standard InChI is InChI=1S/C17H25NO3/c1-3-5-6-7-12-21-16(19)13-18-17(20)15-10-8-14(4-2)9-11-15/h8-11H,3-7,12-13H2,1-2H3,(H,18,20). The van der Waals surface area contributed by atoms with Gasteiger partial charge in [0.25, 0.3) is 5.91 Å². The van der Waals surface area contributed by atoms with Crippen molar-refractivity contribution in [3.8, 4) is 0 Å². The van der Waals surface area contributed by atoms with E-state index in [9.17, 15) is 9.59 Å². The third-order valence-electron chi connectivity index (χ3n) is 3.28. The van der Waals surface area contributed by atoms with Crippen molar-refractivity contribution in [1.82, 2.24) is 5.32 Å². The van der Waals surface area contributed by atoms with Crippen molar-refractivity contribution >= 4 is 11.9 Å². The molecule has 1 rings (SSSR count). The molecule has 0 fully saturated rings. The second-order valence-corrected chi connectivity index (χ2v) is 5.01. The van der Waals surface area contributed by atoms with Gasteiger partial charge in [-0.3, -0.25) is 9.59 Å². The molecular formula is C17H25NO3. The molecular weight excluding hydrogens is 266 g/mol. The Labute approximate surface area is 126 Å². The Hall–Kier alpha value is -1.84. The number of ether oxygens (including phenoxy) is 1. The van der Waals surface area contributed by atoms with Crippen molar-refractivity contribution in [1.29, 1.82) is 0 Å². The van der Waals surface area contributed by atoms with Crippen LogP contribution >= 0.6 is 0 Å². The van der Waals surface area contributed by atoms with Crippen molar-refractivity contribution in [3.63, 3.8) is 0 Å². The fourth-order valence-electron chi connectivity index (χ4n) is 1.91. The van der Waals surface area contributed by atoms with Gasteiger partial charge in [0.05, 0.1) is 6.61 Å². The summed E-state index contributed by atoms with van der Waals surface area (Å²) in [4.78, 5) is 23.3. The molecule has 0 aromatic heterocycles. The van der Waals surface area contributed by atoms with Crippen LogP contribution in [-0.2, 0) is 16.0 Å². The van der Waals surface area contributed by atoms with E-state index in [0.717, 1.165) is 32.1 Å². The highest BCUT2D eigenvalue weighted by atomic mass is 16.5. The minimum atomic E-state index is -0.384. The summed E-state index contributed by atoms with van der Waals surface area (Å²) in [5, 5.41) is 2.57. The Kier molecular flexibility index (Phi) is 8.17. The number of carbonyl (C=O) groups excluding carboxylic acids is 2. The van der Waals surface area contributed by atoms with Crippen LogP contribution in [0.5, 0.6) is 0 Å². The van der Waals surface area contributed by atoms with Crippen LogP contribution < -0.4 is 5.32 Å². The van der Waals surface area contributed by atoms with Gasteiger partial charge in [0.15, 0.2) is 0 Å². The number of rotatable bonds is 9. The predicted octanol–water partition coefficient (Wildman–Crippen LogP) is 3.10. The summed E-state index contributed by atoms with van der Waals surface area (Å²) >= 11 is 0. The maximum Gasteiger partial charge on any atom is 0.325 e. The minimum absolute atomic E-state index is 0.0812. The van der Waals surface area contributed by atoms with E-state index < -0.39 is 0 Å². The fourth-order valence-corrected chi connectivity index (χ4v) is 1.91. The Bertz CT molecular complexity index is 440. The quantitative estimate of drug-likeness (QED) is 0.562. The summed E-state index contributed by atoms with van der Waals surface area (Å²) in [7, 11) is 0. The number of aryl methyl sites for hydroxylation is 1. The van der Waals surface area contributed by atoms with Crippen LogP contribution in [0.25, 0.3) is 0 Å². The van der Waals surface area contributed by atoms with Crippen LogP contribution in [0.1, 0.15) is 55.5 Å². The first-order chi connectivity index (χ1) is 10.2. The molecule has 4 nitrogen and oxygen atoms in total. The molecule has 1 aromatic rings. The molecule has 0 saturated carbocycles. The number of hydrogen-bond donors (Lipinski definition) is 1. The van der Waals surface area contributed by atoms with Gasteiger partial charge in [-0.2, -0.15) is 0 Å². The Balaban J connectivity index is 2.23. The van der Waals surface area contributed by atoms with E-state index in [0.29, 0.717) is 12.2 Å². The van der Waals surface area contributed by atoms with Gasteiger partial charge in [0, 0.05) is 5.56 Å². The third-order valence-corrected chi connectivity index (χ3v) is 3.28. The molecule has 1 N–H and O–H groups in total. The first-order valence-electron chi connectivity index (χ1n) is 7.70. The summed E-state index contributed by atoms with van der Waals surface area (Å²) in [5.74, 6) is -0.634. The Morgan fingerprint density at radius 1 is 1.05 bits per heavy atom. The number of hydrogen-bond acceptors (Lipinski definition) is 3. The highest BCUT2D eigenvalue weighted by Gasteiger charge is 2.08. The highest BCUT2D eigenvalue weighted by molar-refractivity contribution is 5.95. The molecule has 116 valence electrons. The average Bonchev–Trinajstić information content (AvgIpc) is 2.52. The molecule has 21 heavy (non-hydrogen) atoms. The summed E-state index contributed by atoms with van der Waals surface area (Å²) in [6, 6.07) is 7.37. The Morgan fingerprint density at radius 2 is 1.76 bits per heavy atom. The molecule has 1 aromatic carbocycles. The molecule has 4 heteroatoms. The number of esters is 1. The lowest BCUT2D eigenvalue weighted by atomic mass is 10.1. The van der Waals surface area contributed by atoms with Crippen molar-refractivity contribution < 1.29 is 14.3 Å². The third kappa shape index (κ3) is 6.93. The molecule has 0 bridgehead atoms. The van der Waals surface area contributed by atoms with Crippen molar-refractivity contribution in [2.75, 3.05) is 13.2 Å². The molecule has 1 amide bonds. The number of benzene rings is 1. The van der Waals surface area contributed by atoms with Gasteiger partial charge in [-0.1, -0.05) is 45.2 Å². The molecule has 0 aliphatic heterocycles. The van der Waals surface area contributed by atoms with E-state index in [2.05, 4.69) is 19.2 Å². The van der Waals surface area contributed by atoms with Gasteiger partial charge in [-0.05, 0) is 30.5 Å². The van der Waals surface area contributed by atoms with Crippen LogP contribution in [0, 0.1) is 0 Å². The first kappa shape index (κ1) is 17.2. The van der Waals surface area contributed by atoms with Gasteiger partial charge >= 0.3 is 5.97 Å². The lowest BCUT2D eigenvalue weighted by molar-refractivity contribution is -0.142. The zero-order valence-corrected chi connectivity index (χ0v) is 13.0. The monoisotopic (exact) mass is 291 g/mol. The van der Waals surface area contributed by atoms with Gasteiger partial charge in [-0.15, -0.1) is 0 Å². The summed E-state index contributed by atoms with van der Waals surface area (Å²) in [6.07, 6.45) is 5.20. The molecule has 0 unspecified atom stereocenters. The number of nitrogens with one attached hydrogen (secondary N) is 1. The maximum absolute atomic E-state index is 11.8. The molecule has 0 spiro atoms. The van der Waals surface area contributed by atoms with Crippen molar-refractivity contribution in [2.24, 2.45) is 0 Å². The molecule has 0 aliphatic rings. The summed E-state index contributed by atoms with van der Waals surface area (Å²) in [5.41, 5.74) is 1.74. The fraction of sp³-hybridized carbons (Fsp3) is 0.529. The molecule has 0 radical (unpaired) electrons. The minimum Gasteiger partial charge on any atom is -0.464 e. The zero-order chi connectivity index (χ0) is 15.5. The zero-order valence-electron chi connectivity index (χ0n) is 13.0. The maximum atomic E-state index is 11.8. The van der Waals surface area contributed by atoms with Crippen LogP contribution in [0.2, 0.25) is 0 Å². The van der Waals surface area contributed by atoms with Gasteiger partial charge in [0.1, 0.15) is 6.54 Å². The van der Waals surface area contributed by atoms with Crippen LogP contribution in [0.15, 0.2) is 24.3 Å². The lowest BCUT2D eigenvalue weighted by Gasteiger charge is -2.07. The van der Waals surface area contributed by atoms with Crippen LogP contribution in [0.3, 0.4) is 0 Å². The second-order valence-electron chi connectivity index (χ2n) is 5.01. The van der Waals surface area contributed by atoms with Gasteiger partial charge < -0.3 is 10.1 Å². The smallest absolute Gasteiger partial charge is 0.325 e. The SMILES string of the molecule is CCCCCCOC(=O)CNC(=O)c1ccc(CC)cc1. The summed E-state index contributed by atoms with van der Waals surface area (Å²) < 4.78 is 5.06. The lowest BCUT2D eigenvalue weighted by Crippen LogP contribution is -2.30. The second kappa shape index (κ2) is 9.97. The Morgan fingerprint density at radius 3 is 2.38 bits per heavy atom. The summed E-state index contributed by atoms with van der Waals surface area (Å²) in [6.45, 7) is 4.54. The van der Waals surface area contributed by atoms with E-state index in [1.54, 1.807) is 12.1 Å². The van der Waals surface area contributed by atoms with E-state index >= 15 is 0 Å². The molecule has 0 saturated heterocycles. The van der Waals surface area contributed by atoms with Crippen molar-refractivity contribution in [2.45, 2.75) is 46.0 Å². The highest BCUT2D eigenvalue weighted by Crippen LogP contribution is 2.04. The van der Waals surface area contributed by atoms with Gasteiger partial charge in [0.2, 0.25) is 0 Å². The number of carbonyl (C=O) groups is 2. The van der Waals surface area contributed by atoms with Crippen molar-refractivity contribution in [3.05, 3.63) is 35.4 Å². The van der Waals surface area contributed by atoms with E-state index in [1.807, 2.05) is 12.1 Å². The van der Waals surface area contributed by atoms with Crippen LogP contribution in [0.4, 0.5) is 0 Å². The topological polar surface area (TPSA) is 55.4 Å². The largest absolute Gasteiger partial charge is 0.464 e. The van der Waals surface area contributed by atoms with E-state index in [4.69, 9.17) is 4.74 Å².